The molecule has 2 atom stereocenters. The molecular weight excluding hydrogens is 324 g/mol. The van der Waals surface area contributed by atoms with Crippen molar-refractivity contribution in [1.82, 2.24) is 0 Å². The second-order valence-corrected chi connectivity index (χ2v) is 7.46. The summed E-state index contributed by atoms with van der Waals surface area (Å²) >= 11 is 10.3. The third-order valence-corrected chi connectivity index (χ3v) is 5.61. The van der Waals surface area contributed by atoms with Gasteiger partial charge in [0.15, 0.2) is 0 Å². The molecule has 0 spiro atoms. The largest absolute Gasteiger partial charge is 0.496 e. The van der Waals surface area contributed by atoms with Gasteiger partial charge in [-0.3, -0.25) is 0 Å². The number of halogens is 2. The molecule has 3 heteroatoms. The summed E-state index contributed by atoms with van der Waals surface area (Å²) in [5.74, 6) is 1.40. The van der Waals surface area contributed by atoms with E-state index in [4.69, 9.17) is 16.3 Å². The van der Waals surface area contributed by atoms with Gasteiger partial charge in [-0.05, 0) is 57.8 Å². The summed E-state index contributed by atoms with van der Waals surface area (Å²) in [6.45, 7) is 4.70. The van der Waals surface area contributed by atoms with Crippen molar-refractivity contribution in [2.45, 2.75) is 44.9 Å². The van der Waals surface area contributed by atoms with Gasteiger partial charge < -0.3 is 4.74 Å². The van der Waals surface area contributed by atoms with Crippen molar-refractivity contribution in [2.24, 2.45) is 11.3 Å². The van der Waals surface area contributed by atoms with Crippen molar-refractivity contribution < 1.29 is 4.74 Å². The lowest BCUT2D eigenvalue weighted by Crippen LogP contribution is -2.30. The quantitative estimate of drug-likeness (QED) is 0.615. The van der Waals surface area contributed by atoms with Gasteiger partial charge in [0.2, 0.25) is 0 Å². The molecule has 0 heterocycles. The van der Waals surface area contributed by atoms with Crippen molar-refractivity contribution in [3.05, 3.63) is 28.2 Å². The molecule has 1 fully saturated rings. The average Bonchev–Trinajstić information content (AvgIpc) is 2.37. The molecular formula is C16H22BrClO. The molecule has 1 saturated carbocycles. The maximum Gasteiger partial charge on any atom is 0.133 e. The smallest absolute Gasteiger partial charge is 0.133 e. The fourth-order valence-corrected chi connectivity index (χ4v) is 4.31. The van der Waals surface area contributed by atoms with E-state index in [9.17, 15) is 0 Å². The number of ether oxygens (including phenoxy) is 1. The molecule has 19 heavy (non-hydrogen) atoms. The van der Waals surface area contributed by atoms with E-state index in [1.54, 1.807) is 7.11 Å². The third kappa shape index (κ3) is 3.28. The summed E-state index contributed by atoms with van der Waals surface area (Å²) in [4.78, 5) is 0. The Kier molecular flexibility index (Phi) is 4.84. The third-order valence-electron chi connectivity index (χ3n) is 4.44. The van der Waals surface area contributed by atoms with Gasteiger partial charge in [-0.15, -0.1) is 11.6 Å². The van der Waals surface area contributed by atoms with Crippen LogP contribution < -0.4 is 4.74 Å². The lowest BCUT2D eigenvalue weighted by atomic mass is 9.66. The van der Waals surface area contributed by atoms with Crippen LogP contribution in [0.1, 0.15) is 50.5 Å². The normalized spacial score (nSPS) is 23.9. The zero-order valence-electron chi connectivity index (χ0n) is 11.9. The molecule has 0 amide bonds. The molecule has 0 bridgehead atoms. The number of hydrogen-bond acceptors (Lipinski definition) is 1. The van der Waals surface area contributed by atoms with Crippen molar-refractivity contribution >= 4 is 27.5 Å². The van der Waals surface area contributed by atoms with Crippen LogP contribution in [-0.4, -0.2) is 7.11 Å². The summed E-state index contributed by atoms with van der Waals surface area (Å²) in [7, 11) is 1.68. The summed E-state index contributed by atoms with van der Waals surface area (Å²) in [5.41, 5.74) is 1.52. The Bertz CT molecular complexity index is 444. The predicted molar refractivity (Wildman–Crippen MR) is 85.0 cm³/mol. The van der Waals surface area contributed by atoms with Gasteiger partial charge in [-0.1, -0.05) is 32.8 Å². The molecule has 0 aromatic heterocycles. The minimum absolute atomic E-state index is 0.0810. The van der Waals surface area contributed by atoms with E-state index in [1.807, 2.05) is 6.07 Å². The Labute approximate surface area is 129 Å². The van der Waals surface area contributed by atoms with Crippen LogP contribution >= 0.6 is 27.5 Å². The summed E-state index contributed by atoms with van der Waals surface area (Å²) in [6.07, 6.45) is 5.14. The van der Waals surface area contributed by atoms with E-state index in [0.29, 0.717) is 11.3 Å². The van der Waals surface area contributed by atoms with Crippen LogP contribution in [0.3, 0.4) is 0 Å². The van der Waals surface area contributed by atoms with Crippen molar-refractivity contribution in [2.75, 3.05) is 7.11 Å². The minimum Gasteiger partial charge on any atom is -0.496 e. The Morgan fingerprint density at radius 1 is 1.37 bits per heavy atom. The zero-order valence-corrected chi connectivity index (χ0v) is 14.2. The average molecular weight is 346 g/mol. The van der Waals surface area contributed by atoms with Crippen molar-refractivity contribution in [3.63, 3.8) is 0 Å². The van der Waals surface area contributed by atoms with Crippen LogP contribution in [0.15, 0.2) is 22.7 Å². The molecule has 2 unspecified atom stereocenters. The van der Waals surface area contributed by atoms with E-state index in [1.165, 1.54) is 31.2 Å². The molecule has 2 rings (SSSR count). The Morgan fingerprint density at radius 2 is 2.11 bits per heavy atom. The van der Waals surface area contributed by atoms with Gasteiger partial charge in [0.25, 0.3) is 0 Å². The van der Waals surface area contributed by atoms with Crippen LogP contribution in [0.5, 0.6) is 5.75 Å². The molecule has 0 N–H and O–H groups in total. The van der Waals surface area contributed by atoms with Crippen LogP contribution in [0.4, 0.5) is 0 Å². The molecule has 0 radical (unpaired) electrons. The second kappa shape index (κ2) is 6.05. The van der Waals surface area contributed by atoms with Crippen molar-refractivity contribution in [3.8, 4) is 5.75 Å². The van der Waals surface area contributed by atoms with E-state index in [2.05, 4.69) is 41.9 Å². The van der Waals surface area contributed by atoms with Crippen LogP contribution in [-0.2, 0) is 0 Å². The lowest BCUT2D eigenvalue weighted by molar-refractivity contribution is 0.133. The molecule has 0 saturated heterocycles. The van der Waals surface area contributed by atoms with Gasteiger partial charge >= 0.3 is 0 Å². The lowest BCUT2D eigenvalue weighted by Gasteiger charge is -2.41. The van der Waals surface area contributed by atoms with Gasteiger partial charge in [0.05, 0.1) is 17.0 Å². The predicted octanol–water partition coefficient (Wildman–Crippen LogP) is 5.95. The van der Waals surface area contributed by atoms with Gasteiger partial charge in [0.1, 0.15) is 5.75 Å². The maximum atomic E-state index is 6.78. The number of alkyl halides is 1. The number of rotatable bonds is 3. The maximum absolute atomic E-state index is 6.78. The zero-order chi connectivity index (χ0) is 14.0. The first-order chi connectivity index (χ1) is 8.95. The summed E-state index contributed by atoms with van der Waals surface area (Å²) in [6, 6.07) is 6.18. The molecule has 1 aliphatic carbocycles. The van der Waals surface area contributed by atoms with Crippen LogP contribution in [0.2, 0.25) is 0 Å². The fourth-order valence-electron chi connectivity index (χ4n) is 3.15. The molecule has 106 valence electrons. The van der Waals surface area contributed by atoms with Crippen LogP contribution in [0.25, 0.3) is 0 Å². The van der Waals surface area contributed by atoms with E-state index >= 15 is 0 Å². The first-order valence-electron chi connectivity index (χ1n) is 6.93. The van der Waals surface area contributed by atoms with Crippen LogP contribution in [0, 0.1) is 11.3 Å². The fraction of sp³-hybridized carbons (Fsp3) is 0.625. The van der Waals surface area contributed by atoms with E-state index < -0.39 is 0 Å². The number of methoxy groups -OCH3 is 1. The monoisotopic (exact) mass is 344 g/mol. The first-order valence-corrected chi connectivity index (χ1v) is 8.16. The van der Waals surface area contributed by atoms with E-state index in [0.717, 1.165) is 10.2 Å². The molecule has 0 aliphatic heterocycles. The van der Waals surface area contributed by atoms with Gasteiger partial charge in [-0.25, -0.2) is 0 Å². The molecule has 1 aliphatic rings. The summed E-state index contributed by atoms with van der Waals surface area (Å²) in [5, 5.41) is 0.0810. The SMILES string of the molecule is COc1ccc(C(Cl)C2CCCCC2(C)C)cc1Br. The number of hydrogen-bond donors (Lipinski definition) is 0. The van der Waals surface area contributed by atoms with Gasteiger partial charge in [-0.2, -0.15) is 0 Å². The second-order valence-electron chi connectivity index (χ2n) is 6.14. The highest BCUT2D eigenvalue weighted by Crippen LogP contribution is 2.49. The number of benzene rings is 1. The highest BCUT2D eigenvalue weighted by molar-refractivity contribution is 9.10. The molecule has 1 aromatic rings. The highest BCUT2D eigenvalue weighted by Gasteiger charge is 2.37. The molecule has 1 aromatic carbocycles. The Balaban J connectivity index is 2.23. The van der Waals surface area contributed by atoms with Crippen molar-refractivity contribution in [1.29, 1.82) is 0 Å². The Morgan fingerprint density at radius 3 is 2.68 bits per heavy atom. The summed E-state index contributed by atoms with van der Waals surface area (Å²) < 4.78 is 6.25. The van der Waals surface area contributed by atoms with E-state index in [-0.39, 0.29) is 5.38 Å². The first kappa shape index (κ1) is 15.2. The standard InChI is InChI=1S/C16H22BrClO/c1-16(2)9-5-4-6-12(16)15(18)11-7-8-14(19-3)13(17)10-11/h7-8,10,12,15H,4-6,9H2,1-3H3. The van der Waals surface area contributed by atoms with Gasteiger partial charge in [0, 0.05) is 0 Å². The highest BCUT2D eigenvalue weighted by atomic mass is 79.9. The molecule has 1 nitrogen and oxygen atoms in total. The topological polar surface area (TPSA) is 9.23 Å². The Hall–Kier alpha value is -0.210. The minimum atomic E-state index is 0.0810.